The van der Waals surface area contributed by atoms with Crippen LogP contribution in [0.2, 0.25) is 0 Å². The number of alkyl halides is 3. The predicted molar refractivity (Wildman–Crippen MR) is 62.3 cm³/mol. The van der Waals surface area contributed by atoms with Gasteiger partial charge in [0.25, 0.3) is 0 Å². The number of benzene rings is 1. The molecule has 0 saturated carbocycles. The largest absolute Gasteiger partial charge is 0.464 e. The second kappa shape index (κ2) is 5.30. The Morgan fingerprint density at radius 1 is 1.53 bits per heavy atom. The average Bonchev–Trinajstić information content (AvgIpc) is 2.76. The number of rotatable bonds is 2. The summed E-state index contributed by atoms with van der Waals surface area (Å²) < 4.78 is 43.6. The van der Waals surface area contributed by atoms with Gasteiger partial charge in [-0.2, -0.15) is 13.2 Å². The van der Waals surface area contributed by atoms with Gasteiger partial charge in [0.05, 0.1) is 18.2 Å². The smallest absolute Gasteiger partial charge is 0.419 e. The molecule has 1 aromatic carbocycles. The minimum atomic E-state index is -4.40. The summed E-state index contributed by atoms with van der Waals surface area (Å²) in [4.78, 5) is 10.9. The van der Waals surface area contributed by atoms with Crippen LogP contribution in [0.25, 0.3) is 0 Å². The lowest BCUT2D eigenvalue weighted by atomic mass is 10.0. The van der Waals surface area contributed by atoms with Crippen LogP contribution < -0.4 is 0 Å². The van der Waals surface area contributed by atoms with Crippen LogP contribution in [0.5, 0.6) is 0 Å². The van der Waals surface area contributed by atoms with Crippen LogP contribution in [0.1, 0.15) is 11.1 Å². The SMILES string of the molecule is O=C(O)N1SOC[C@@H]1Cc1cccc(C(F)(F)F)c1. The Balaban J connectivity index is 2.13. The molecule has 19 heavy (non-hydrogen) atoms. The topological polar surface area (TPSA) is 49.8 Å². The van der Waals surface area contributed by atoms with E-state index in [9.17, 15) is 18.0 Å². The quantitative estimate of drug-likeness (QED) is 0.672. The summed E-state index contributed by atoms with van der Waals surface area (Å²) in [6, 6.07) is 4.39. The van der Waals surface area contributed by atoms with Crippen molar-refractivity contribution in [2.24, 2.45) is 0 Å². The van der Waals surface area contributed by atoms with Crippen molar-refractivity contribution >= 4 is 18.3 Å². The van der Waals surface area contributed by atoms with E-state index in [0.717, 1.165) is 16.4 Å². The second-order valence-corrected chi connectivity index (χ2v) is 4.80. The van der Waals surface area contributed by atoms with Crippen molar-refractivity contribution in [3.8, 4) is 0 Å². The summed E-state index contributed by atoms with van der Waals surface area (Å²) in [6.07, 6.45) is -5.38. The molecule has 1 atom stereocenters. The highest BCUT2D eigenvalue weighted by Gasteiger charge is 2.33. The summed E-state index contributed by atoms with van der Waals surface area (Å²) in [6.45, 7) is 0.160. The Labute approximate surface area is 111 Å². The van der Waals surface area contributed by atoms with Crippen LogP contribution in [-0.4, -0.2) is 28.2 Å². The zero-order valence-electron chi connectivity index (χ0n) is 9.55. The zero-order chi connectivity index (χ0) is 14.0. The first-order valence-electron chi connectivity index (χ1n) is 5.36. The van der Waals surface area contributed by atoms with E-state index in [4.69, 9.17) is 9.29 Å². The molecule has 1 aliphatic rings. The van der Waals surface area contributed by atoms with Gasteiger partial charge in [0.1, 0.15) is 12.2 Å². The minimum Gasteiger partial charge on any atom is -0.464 e. The van der Waals surface area contributed by atoms with Gasteiger partial charge in [-0.3, -0.25) is 4.18 Å². The molecule has 1 aromatic rings. The molecule has 0 radical (unpaired) electrons. The molecule has 0 spiro atoms. The van der Waals surface area contributed by atoms with Gasteiger partial charge in [0, 0.05) is 0 Å². The molecule has 2 rings (SSSR count). The maximum absolute atomic E-state index is 12.6. The molecule has 4 nitrogen and oxygen atoms in total. The van der Waals surface area contributed by atoms with Crippen LogP contribution in [0, 0.1) is 0 Å². The molecule has 1 fully saturated rings. The molecule has 0 aliphatic carbocycles. The van der Waals surface area contributed by atoms with Crippen molar-refractivity contribution in [3.05, 3.63) is 35.4 Å². The predicted octanol–water partition coefficient (Wildman–Crippen LogP) is 3.19. The second-order valence-electron chi connectivity index (χ2n) is 4.02. The standard InChI is InChI=1S/C11H10F3NO3S/c12-11(13,14)8-3-1-2-7(4-8)5-9-6-18-19-15(9)10(16)17/h1-4,9H,5-6H2,(H,16,17)/t9-/m0/s1. The Morgan fingerprint density at radius 3 is 2.89 bits per heavy atom. The molecule has 1 aliphatic heterocycles. The van der Waals surface area contributed by atoms with Crippen molar-refractivity contribution < 1.29 is 27.3 Å². The lowest BCUT2D eigenvalue weighted by molar-refractivity contribution is -0.137. The Hall–Kier alpha value is -1.41. The van der Waals surface area contributed by atoms with Gasteiger partial charge in [0.2, 0.25) is 0 Å². The first-order valence-corrected chi connectivity index (χ1v) is 6.05. The number of carbonyl (C=O) groups is 1. The van der Waals surface area contributed by atoms with Crippen molar-refractivity contribution in [1.29, 1.82) is 0 Å². The van der Waals surface area contributed by atoms with Gasteiger partial charge in [-0.15, -0.1) is 0 Å². The maximum atomic E-state index is 12.6. The first-order chi connectivity index (χ1) is 8.88. The number of nitrogens with zero attached hydrogens (tertiary/aromatic N) is 1. The van der Waals surface area contributed by atoms with E-state index in [0.29, 0.717) is 17.8 Å². The van der Waals surface area contributed by atoms with Crippen molar-refractivity contribution in [2.75, 3.05) is 6.61 Å². The Kier molecular flexibility index (Phi) is 3.91. The third kappa shape index (κ3) is 3.32. The van der Waals surface area contributed by atoms with Crippen molar-refractivity contribution in [1.82, 2.24) is 4.31 Å². The van der Waals surface area contributed by atoms with Crippen LogP contribution in [0.4, 0.5) is 18.0 Å². The van der Waals surface area contributed by atoms with Gasteiger partial charge in [0.15, 0.2) is 0 Å². The van der Waals surface area contributed by atoms with Gasteiger partial charge >= 0.3 is 12.3 Å². The van der Waals surface area contributed by atoms with E-state index in [1.165, 1.54) is 12.1 Å². The summed E-state index contributed by atoms with van der Waals surface area (Å²) in [5, 5.41) is 8.89. The first kappa shape index (κ1) is 14.0. The van der Waals surface area contributed by atoms with E-state index in [1.54, 1.807) is 0 Å². The zero-order valence-corrected chi connectivity index (χ0v) is 10.4. The molecule has 1 heterocycles. The molecular weight excluding hydrogens is 283 g/mol. The van der Waals surface area contributed by atoms with Crippen LogP contribution in [0.3, 0.4) is 0 Å². The normalized spacial score (nSPS) is 19.7. The molecular formula is C11H10F3NO3S. The third-order valence-corrected chi connectivity index (χ3v) is 3.50. The van der Waals surface area contributed by atoms with E-state index < -0.39 is 23.9 Å². The lowest BCUT2D eigenvalue weighted by Gasteiger charge is -2.17. The molecule has 1 N–H and O–H groups in total. The lowest BCUT2D eigenvalue weighted by Crippen LogP contribution is -2.32. The van der Waals surface area contributed by atoms with Gasteiger partial charge < -0.3 is 5.11 Å². The molecule has 104 valence electrons. The van der Waals surface area contributed by atoms with Crippen LogP contribution in [-0.2, 0) is 16.8 Å². The highest BCUT2D eigenvalue weighted by Crippen LogP contribution is 2.31. The van der Waals surface area contributed by atoms with Gasteiger partial charge in [-0.1, -0.05) is 18.2 Å². The van der Waals surface area contributed by atoms with Crippen molar-refractivity contribution in [3.63, 3.8) is 0 Å². The third-order valence-electron chi connectivity index (χ3n) is 2.64. The maximum Gasteiger partial charge on any atom is 0.419 e. The number of hydrogen-bond donors (Lipinski definition) is 1. The fraction of sp³-hybridized carbons (Fsp3) is 0.364. The fourth-order valence-electron chi connectivity index (χ4n) is 1.77. The molecule has 8 heteroatoms. The highest BCUT2D eigenvalue weighted by atomic mass is 32.2. The molecule has 1 amide bonds. The fourth-order valence-corrected chi connectivity index (χ4v) is 2.42. The molecule has 0 unspecified atom stereocenters. The summed E-state index contributed by atoms with van der Waals surface area (Å²) >= 11 is 0.699. The Bertz CT molecular complexity index is 480. The molecule has 0 aromatic heterocycles. The summed E-state index contributed by atoms with van der Waals surface area (Å²) in [7, 11) is 0. The number of hydrogen-bond acceptors (Lipinski definition) is 3. The number of amides is 1. The monoisotopic (exact) mass is 293 g/mol. The van der Waals surface area contributed by atoms with E-state index in [1.807, 2.05) is 0 Å². The summed E-state index contributed by atoms with van der Waals surface area (Å²) in [5.74, 6) is 0. The Morgan fingerprint density at radius 2 is 2.26 bits per heavy atom. The number of carboxylic acid groups (broad SMARTS) is 1. The minimum absolute atomic E-state index is 0.160. The van der Waals surface area contributed by atoms with Gasteiger partial charge in [-0.05, 0) is 18.1 Å². The van der Waals surface area contributed by atoms with Crippen molar-refractivity contribution in [2.45, 2.75) is 18.6 Å². The highest BCUT2D eigenvalue weighted by molar-refractivity contribution is 7.93. The van der Waals surface area contributed by atoms with E-state index in [-0.39, 0.29) is 13.0 Å². The van der Waals surface area contributed by atoms with Gasteiger partial charge in [-0.25, -0.2) is 9.10 Å². The van der Waals surface area contributed by atoms with Crippen LogP contribution in [0.15, 0.2) is 24.3 Å². The van der Waals surface area contributed by atoms with Crippen LogP contribution >= 0.6 is 12.2 Å². The molecule has 0 bridgehead atoms. The number of halogens is 3. The van der Waals surface area contributed by atoms with E-state index >= 15 is 0 Å². The summed E-state index contributed by atoms with van der Waals surface area (Å²) in [5.41, 5.74) is -0.310. The molecule has 1 saturated heterocycles. The average molecular weight is 293 g/mol. The van der Waals surface area contributed by atoms with E-state index in [2.05, 4.69) is 0 Å².